The highest BCUT2D eigenvalue weighted by Crippen LogP contribution is 2.36. The summed E-state index contributed by atoms with van der Waals surface area (Å²) >= 11 is 0. The number of halogens is 3. The molecule has 0 atom stereocenters. The maximum absolute atomic E-state index is 12.8. The van der Waals surface area contributed by atoms with E-state index in [1.165, 1.54) is 22.9 Å². The predicted molar refractivity (Wildman–Crippen MR) is 124 cm³/mol. The first-order valence-corrected chi connectivity index (χ1v) is 12.4. The Balaban J connectivity index is 1.36. The van der Waals surface area contributed by atoms with Crippen molar-refractivity contribution in [2.45, 2.75) is 42.7 Å². The average Bonchev–Trinajstić information content (AvgIpc) is 3.19. The highest BCUT2D eigenvalue weighted by atomic mass is 32.2. The number of nitrogens with zero attached hydrogens (tertiary/aromatic N) is 2. The lowest BCUT2D eigenvalue weighted by atomic mass is 9.80. The molecule has 34 heavy (non-hydrogen) atoms. The van der Waals surface area contributed by atoms with Crippen LogP contribution in [0.3, 0.4) is 0 Å². The Morgan fingerprint density at radius 1 is 1.00 bits per heavy atom. The van der Waals surface area contributed by atoms with Gasteiger partial charge in [-0.3, -0.25) is 0 Å². The van der Waals surface area contributed by atoms with Gasteiger partial charge in [-0.25, -0.2) is 17.8 Å². The number of hydrogen-bond acceptors (Lipinski definition) is 5. The zero-order chi connectivity index (χ0) is 24.5. The van der Waals surface area contributed by atoms with Crippen molar-refractivity contribution in [1.29, 1.82) is 0 Å². The average molecular weight is 494 g/mol. The van der Waals surface area contributed by atoms with Gasteiger partial charge >= 0.3 is 6.18 Å². The topological polar surface area (TPSA) is 116 Å². The molecule has 0 radical (unpaired) electrons. The molecule has 1 aromatic heterocycles. The van der Waals surface area contributed by atoms with Crippen LogP contribution in [0.25, 0.3) is 5.69 Å². The molecule has 3 aromatic rings. The van der Waals surface area contributed by atoms with Crippen LogP contribution in [0, 0.1) is 5.92 Å². The van der Waals surface area contributed by atoms with E-state index in [-0.39, 0.29) is 22.4 Å². The number of nitrogens with two attached hydrogens (primary N) is 2. The molecule has 2 aromatic carbocycles. The highest BCUT2D eigenvalue weighted by molar-refractivity contribution is 7.89. The van der Waals surface area contributed by atoms with Gasteiger partial charge in [0.1, 0.15) is 10.7 Å². The third kappa shape index (κ3) is 5.20. The van der Waals surface area contributed by atoms with Crippen LogP contribution in [0.15, 0.2) is 59.5 Å². The van der Waals surface area contributed by atoms with Gasteiger partial charge in [0.15, 0.2) is 0 Å². The SMILES string of the molecule is Nc1ccccc1S(=O)(=O)NCC1CCC(c2cc(N)n(-c3ccc(C(F)(F)F)cc3)n2)CC1. The van der Waals surface area contributed by atoms with E-state index >= 15 is 0 Å². The van der Waals surface area contributed by atoms with Crippen molar-refractivity contribution in [3.8, 4) is 5.69 Å². The lowest BCUT2D eigenvalue weighted by molar-refractivity contribution is -0.137. The standard InChI is InChI=1S/C23H26F3N5O2S/c24-23(25,26)17-9-11-18(12-10-17)31-22(28)13-20(30-31)16-7-5-15(6-8-16)14-29-34(32,33)21-4-2-1-3-19(21)27/h1-4,9-13,15-16,29H,5-8,14,27-28H2. The van der Waals surface area contributed by atoms with Crippen LogP contribution in [0.1, 0.15) is 42.9 Å². The van der Waals surface area contributed by atoms with Crippen LogP contribution in [-0.2, 0) is 16.2 Å². The summed E-state index contributed by atoms with van der Waals surface area (Å²) in [4.78, 5) is 0.0768. The molecule has 0 spiro atoms. The number of anilines is 2. The summed E-state index contributed by atoms with van der Waals surface area (Å²) in [6.45, 7) is 0.325. The van der Waals surface area contributed by atoms with Crippen LogP contribution in [0.2, 0.25) is 0 Å². The van der Waals surface area contributed by atoms with Gasteiger partial charge in [0.25, 0.3) is 0 Å². The van der Waals surface area contributed by atoms with Gasteiger partial charge in [-0.05, 0) is 68.0 Å². The largest absolute Gasteiger partial charge is 0.416 e. The number of alkyl halides is 3. The van der Waals surface area contributed by atoms with Gasteiger partial charge in [-0.2, -0.15) is 18.3 Å². The molecule has 11 heteroatoms. The first-order valence-electron chi connectivity index (χ1n) is 10.9. The maximum atomic E-state index is 12.8. The van der Waals surface area contributed by atoms with Crippen LogP contribution in [0.4, 0.5) is 24.7 Å². The number of sulfonamides is 1. The molecule has 0 saturated heterocycles. The predicted octanol–water partition coefficient (Wildman–Crippen LogP) is 4.31. The van der Waals surface area contributed by atoms with Crippen LogP contribution in [0.5, 0.6) is 0 Å². The van der Waals surface area contributed by atoms with E-state index in [9.17, 15) is 21.6 Å². The van der Waals surface area contributed by atoms with Crippen LogP contribution < -0.4 is 16.2 Å². The number of rotatable bonds is 6. The number of nitrogens with one attached hydrogen (secondary N) is 1. The third-order valence-corrected chi connectivity index (χ3v) is 7.73. The molecule has 0 bridgehead atoms. The smallest absolute Gasteiger partial charge is 0.398 e. The molecular weight excluding hydrogens is 467 g/mol. The first-order chi connectivity index (χ1) is 16.0. The Bertz CT molecular complexity index is 1250. The molecule has 1 saturated carbocycles. The van der Waals surface area contributed by atoms with Crippen molar-refractivity contribution in [2.24, 2.45) is 5.92 Å². The Kier molecular flexibility index (Phi) is 6.59. The zero-order valence-electron chi connectivity index (χ0n) is 18.3. The van der Waals surface area contributed by atoms with E-state index in [1.807, 2.05) is 0 Å². The van der Waals surface area contributed by atoms with Crippen molar-refractivity contribution in [3.63, 3.8) is 0 Å². The molecule has 0 unspecified atom stereocenters. The molecule has 0 amide bonds. The summed E-state index contributed by atoms with van der Waals surface area (Å²) in [5, 5.41) is 4.54. The fourth-order valence-corrected chi connectivity index (χ4v) is 5.55. The summed E-state index contributed by atoms with van der Waals surface area (Å²) in [5.74, 6) is 0.686. The maximum Gasteiger partial charge on any atom is 0.416 e. The molecule has 5 N–H and O–H groups in total. The molecule has 1 fully saturated rings. The van der Waals surface area contributed by atoms with Crippen molar-refractivity contribution in [2.75, 3.05) is 18.0 Å². The van der Waals surface area contributed by atoms with E-state index in [1.54, 1.807) is 24.3 Å². The quantitative estimate of drug-likeness (QED) is 0.443. The monoisotopic (exact) mass is 493 g/mol. The molecular formula is C23H26F3N5O2S. The number of aromatic nitrogens is 2. The zero-order valence-corrected chi connectivity index (χ0v) is 19.1. The fraction of sp³-hybridized carbons (Fsp3) is 0.348. The molecule has 1 heterocycles. The van der Waals surface area contributed by atoms with Crippen LogP contribution >= 0.6 is 0 Å². The summed E-state index contributed by atoms with van der Waals surface area (Å²) in [6, 6.07) is 12.8. The van der Waals surface area contributed by atoms with E-state index in [0.717, 1.165) is 43.5 Å². The highest BCUT2D eigenvalue weighted by Gasteiger charge is 2.30. The normalized spacial score (nSPS) is 19.3. The van der Waals surface area contributed by atoms with E-state index in [4.69, 9.17) is 11.5 Å². The van der Waals surface area contributed by atoms with Crippen molar-refractivity contribution < 1.29 is 21.6 Å². The summed E-state index contributed by atoms with van der Waals surface area (Å²) < 4.78 is 67.7. The molecule has 7 nitrogen and oxygen atoms in total. The van der Waals surface area contributed by atoms with Gasteiger partial charge in [0.05, 0.1) is 22.6 Å². The van der Waals surface area contributed by atoms with Gasteiger partial charge in [-0.15, -0.1) is 0 Å². The fourth-order valence-electron chi connectivity index (χ4n) is 4.31. The number of nitrogen functional groups attached to an aromatic ring is 2. The van der Waals surface area contributed by atoms with Gasteiger partial charge in [0, 0.05) is 18.5 Å². The lowest BCUT2D eigenvalue weighted by Crippen LogP contribution is -2.31. The number of benzene rings is 2. The second-order valence-electron chi connectivity index (χ2n) is 8.56. The van der Waals surface area contributed by atoms with Crippen molar-refractivity contribution in [3.05, 3.63) is 65.9 Å². The third-order valence-electron chi connectivity index (χ3n) is 6.23. The van der Waals surface area contributed by atoms with Gasteiger partial charge in [0.2, 0.25) is 10.0 Å². The van der Waals surface area contributed by atoms with Crippen molar-refractivity contribution >= 4 is 21.5 Å². The second-order valence-corrected chi connectivity index (χ2v) is 10.3. The minimum atomic E-state index is -4.40. The van der Waals surface area contributed by atoms with E-state index in [0.29, 0.717) is 18.1 Å². The van der Waals surface area contributed by atoms with E-state index in [2.05, 4.69) is 9.82 Å². The van der Waals surface area contributed by atoms with E-state index < -0.39 is 21.8 Å². The Hall–Kier alpha value is -3.05. The number of hydrogen-bond donors (Lipinski definition) is 3. The Morgan fingerprint density at radius 3 is 2.26 bits per heavy atom. The van der Waals surface area contributed by atoms with Crippen LogP contribution in [-0.4, -0.2) is 24.7 Å². The Morgan fingerprint density at radius 2 is 1.65 bits per heavy atom. The molecule has 1 aliphatic rings. The second kappa shape index (κ2) is 9.30. The van der Waals surface area contributed by atoms with Gasteiger partial charge in [-0.1, -0.05) is 12.1 Å². The molecule has 182 valence electrons. The summed E-state index contributed by atoms with van der Waals surface area (Å²) in [7, 11) is -3.68. The minimum Gasteiger partial charge on any atom is -0.398 e. The molecule has 4 rings (SSSR count). The molecule has 1 aliphatic carbocycles. The minimum absolute atomic E-state index is 0.0768. The van der Waals surface area contributed by atoms with Crippen molar-refractivity contribution in [1.82, 2.24) is 14.5 Å². The molecule has 0 aliphatic heterocycles. The summed E-state index contributed by atoms with van der Waals surface area (Å²) in [6.07, 6.45) is -1.17. The Labute approximate surface area is 196 Å². The lowest BCUT2D eigenvalue weighted by Gasteiger charge is -2.27. The first kappa shape index (κ1) is 24.1. The summed E-state index contributed by atoms with van der Waals surface area (Å²) in [5.41, 5.74) is 12.6. The number of para-hydroxylation sites is 1. The van der Waals surface area contributed by atoms with Gasteiger partial charge < -0.3 is 11.5 Å².